The van der Waals surface area contributed by atoms with Gasteiger partial charge in [0.05, 0.1) is 6.26 Å². The number of aliphatic hydroxyl groups excluding tert-OH is 1. The average molecular weight is 278 g/mol. The van der Waals surface area contributed by atoms with Gasteiger partial charge in [0.15, 0.2) is 0 Å². The molecule has 0 radical (unpaired) electrons. The Hall–Kier alpha value is -2.28. The summed E-state index contributed by atoms with van der Waals surface area (Å²) < 4.78 is 0. The molecular formula is C20H22O. The number of rotatable bonds is 5. The van der Waals surface area contributed by atoms with Gasteiger partial charge in [0.2, 0.25) is 0 Å². The van der Waals surface area contributed by atoms with Crippen LogP contribution in [0.1, 0.15) is 36.1 Å². The van der Waals surface area contributed by atoms with E-state index in [-0.39, 0.29) is 0 Å². The Morgan fingerprint density at radius 1 is 0.857 bits per heavy atom. The highest BCUT2D eigenvalue weighted by Gasteiger charge is 2.09. The molecule has 0 aliphatic carbocycles. The van der Waals surface area contributed by atoms with E-state index in [9.17, 15) is 5.11 Å². The zero-order chi connectivity index (χ0) is 15.2. The van der Waals surface area contributed by atoms with Crippen LogP contribution in [-0.2, 0) is 12.8 Å². The van der Waals surface area contributed by atoms with Crippen LogP contribution in [0.4, 0.5) is 0 Å². The van der Waals surface area contributed by atoms with Crippen LogP contribution in [0.25, 0.3) is 11.1 Å². The fourth-order valence-corrected chi connectivity index (χ4v) is 2.34. The Bertz CT molecular complexity index is 631. The smallest absolute Gasteiger partial charge is 0.0876 e. The van der Waals surface area contributed by atoms with Gasteiger partial charge >= 0.3 is 0 Å². The topological polar surface area (TPSA) is 20.2 Å². The second-order valence-electron chi connectivity index (χ2n) is 5.12. The molecule has 0 aromatic heterocycles. The molecule has 1 N–H and O–H groups in total. The van der Waals surface area contributed by atoms with Crippen molar-refractivity contribution in [3.8, 4) is 0 Å². The Kier molecular flexibility index (Phi) is 4.99. The number of aliphatic hydroxyl groups is 1. The van der Waals surface area contributed by atoms with E-state index in [1.807, 2.05) is 12.1 Å². The maximum Gasteiger partial charge on any atom is 0.0876 e. The highest BCUT2D eigenvalue weighted by atomic mass is 16.2. The minimum absolute atomic E-state index is 0.766. The summed E-state index contributed by atoms with van der Waals surface area (Å²) in [6, 6.07) is 16.6. The van der Waals surface area contributed by atoms with E-state index in [1.54, 1.807) is 0 Å². The van der Waals surface area contributed by atoms with Gasteiger partial charge < -0.3 is 5.11 Å². The summed E-state index contributed by atoms with van der Waals surface area (Å²) in [7, 11) is 0. The van der Waals surface area contributed by atoms with E-state index in [0.717, 1.165) is 41.4 Å². The average Bonchev–Trinajstić information content (AvgIpc) is 2.56. The van der Waals surface area contributed by atoms with E-state index in [4.69, 9.17) is 0 Å². The van der Waals surface area contributed by atoms with E-state index < -0.39 is 0 Å². The third-order valence-electron chi connectivity index (χ3n) is 3.84. The fourth-order valence-electron chi connectivity index (χ4n) is 2.34. The van der Waals surface area contributed by atoms with Crippen molar-refractivity contribution in [1.29, 1.82) is 0 Å². The molecule has 0 atom stereocenters. The van der Waals surface area contributed by atoms with Crippen LogP contribution in [0, 0.1) is 0 Å². The zero-order valence-electron chi connectivity index (χ0n) is 12.8. The third-order valence-corrected chi connectivity index (χ3v) is 3.84. The Morgan fingerprint density at radius 3 is 1.67 bits per heavy atom. The summed E-state index contributed by atoms with van der Waals surface area (Å²) >= 11 is 0. The van der Waals surface area contributed by atoms with E-state index in [0.29, 0.717) is 0 Å². The maximum atomic E-state index is 9.62. The fraction of sp³-hybridized carbons (Fsp3) is 0.200. The molecule has 0 aliphatic rings. The van der Waals surface area contributed by atoms with Crippen LogP contribution in [0.3, 0.4) is 0 Å². The second-order valence-corrected chi connectivity index (χ2v) is 5.12. The van der Waals surface area contributed by atoms with Crippen molar-refractivity contribution < 1.29 is 5.11 Å². The Morgan fingerprint density at radius 2 is 1.29 bits per heavy atom. The van der Waals surface area contributed by atoms with Crippen LogP contribution in [0.15, 0.2) is 61.4 Å². The Labute approximate surface area is 127 Å². The van der Waals surface area contributed by atoms with Gasteiger partial charge in [-0.05, 0) is 40.7 Å². The lowest BCUT2D eigenvalue weighted by atomic mass is 9.93. The molecule has 0 saturated carbocycles. The van der Waals surface area contributed by atoms with Crippen LogP contribution in [0.5, 0.6) is 0 Å². The first-order chi connectivity index (χ1) is 10.2. The molecular weight excluding hydrogens is 256 g/mol. The second kappa shape index (κ2) is 6.94. The van der Waals surface area contributed by atoms with Crippen LogP contribution < -0.4 is 0 Å². The highest BCUT2D eigenvalue weighted by Crippen LogP contribution is 2.29. The summed E-state index contributed by atoms with van der Waals surface area (Å²) in [6.07, 6.45) is 3.18. The van der Waals surface area contributed by atoms with Crippen LogP contribution >= 0.6 is 0 Å². The third kappa shape index (κ3) is 3.43. The predicted octanol–water partition coefficient (Wildman–Crippen LogP) is 5.42. The molecule has 0 saturated heterocycles. The lowest BCUT2D eigenvalue weighted by Gasteiger charge is -2.11. The molecule has 0 aliphatic heterocycles. The molecule has 0 bridgehead atoms. The lowest BCUT2D eigenvalue weighted by Crippen LogP contribution is -1.91. The van der Waals surface area contributed by atoms with Crippen LogP contribution in [0.2, 0.25) is 0 Å². The first kappa shape index (κ1) is 15.1. The lowest BCUT2D eigenvalue weighted by molar-refractivity contribution is 0.476. The summed E-state index contributed by atoms with van der Waals surface area (Å²) in [4.78, 5) is 0. The highest BCUT2D eigenvalue weighted by molar-refractivity contribution is 6.03. The predicted molar refractivity (Wildman–Crippen MR) is 91.3 cm³/mol. The number of allylic oxidation sites excluding steroid dienone is 2. The number of aryl methyl sites for hydroxylation is 2. The maximum absolute atomic E-state index is 9.62. The molecule has 0 spiro atoms. The van der Waals surface area contributed by atoms with Crippen molar-refractivity contribution in [3.63, 3.8) is 0 Å². The van der Waals surface area contributed by atoms with Gasteiger partial charge in [-0.1, -0.05) is 69.0 Å². The van der Waals surface area contributed by atoms with Crippen molar-refractivity contribution in [2.24, 2.45) is 0 Å². The van der Waals surface area contributed by atoms with Gasteiger partial charge in [-0.3, -0.25) is 0 Å². The largest absolute Gasteiger partial charge is 0.515 e. The van der Waals surface area contributed by atoms with E-state index in [1.165, 1.54) is 11.1 Å². The van der Waals surface area contributed by atoms with Crippen molar-refractivity contribution in [2.75, 3.05) is 0 Å². The van der Waals surface area contributed by atoms with Crippen molar-refractivity contribution in [3.05, 3.63) is 83.6 Å². The molecule has 21 heavy (non-hydrogen) atoms. The first-order valence-corrected chi connectivity index (χ1v) is 7.41. The molecule has 2 rings (SSSR count). The molecule has 0 amide bonds. The minimum atomic E-state index is 0.766. The summed E-state index contributed by atoms with van der Waals surface area (Å²) in [5.41, 5.74) is 6.21. The zero-order valence-corrected chi connectivity index (χ0v) is 12.8. The summed E-state index contributed by atoms with van der Waals surface area (Å²) in [5, 5.41) is 9.62. The van der Waals surface area contributed by atoms with Gasteiger partial charge in [-0.15, -0.1) is 0 Å². The molecule has 1 nitrogen and oxygen atoms in total. The van der Waals surface area contributed by atoms with Gasteiger partial charge in [0, 0.05) is 5.57 Å². The molecule has 0 fully saturated rings. The van der Waals surface area contributed by atoms with Crippen molar-refractivity contribution >= 4 is 11.1 Å². The van der Waals surface area contributed by atoms with Crippen LogP contribution in [-0.4, -0.2) is 5.11 Å². The molecule has 2 aromatic rings. The van der Waals surface area contributed by atoms with Crippen molar-refractivity contribution in [2.45, 2.75) is 26.7 Å². The molecule has 2 aromatic carbocycles. The van der Waals surface area contributed by atoms with Gasteiger partial charge in [-0.2, -0.15) is 0 Å². The quantitative estimate of drug-likeness (QED) is 0.571. The number of benzene rings is 2. The van der Waals surface area contributed by atoms with Crippen molar-refractivity contribution in [1.82, 2.24) is 0 Å². The first-order valence-electron chi connectivity index (χ1n) is 7.41. The van der Waals surface area contributed by atoms with E-state index in [2.05, 4.69) is 56.8 Å². The van der Waals surface area contributed by atoms with E-state index >= 15 is 0 Å². The molecule has 108 valence electrons. The molecule has 1 heteroatoms. The standard InChI is InChI=1S/C20H22O/c1-4-16-6-10-18(11-7-16)15(3)20(14-21)19-12-8-17(5-2)9-13-19/h6-14,21H,3-5H2,1-2H3/b20-14+. The van der Waals surface area contributed by atoms with Gasteiger partial charge in [0.25, 0.3) is 0 Å². The molecule has 0 heterocycles. The van der Waals surface area contributed by atoms with Gasteiger partial charge in [0.1, 0.15) is 0 Å². The number of hydrogen-bond acceptors (Lipinski definition) is 1. The normalized spacial score (nSPS) is 11.4. The monoisotopic (exact) mass is 278 g/mol. The van der Waals surface area contributed by atoms with Gasteiger partial charge in [-0.25, -0.2) is 0 Å². The minimum Gasteiger partial charge on any atom is -0.515 e. The molecule has 0 unspecified atom stereocenters. The number of hydrogen-bond donors (Lipinski definition) is 1. The Balaban J connectivity index is 2.29. The summed E-state index contributed by atoms with van der Waals surface area (Å²) in [5.74, 6) is 0. The summed E-state index contributed by atoms with van der Waals surface area (Å²) in [6.45, 7) is 8.41. The SMILES string of the molecule is C=C(/C(=C\O)c1ccc(CC)cc1)c1ccc(CC)cc1.